The van der Waals surface area contributed by atoms with Crippen LogP contribution < -0.4 is 5.32 Å². The number of aldehydes is 1. The molecule has 1 aliphatic heterocycles. The maximum Gasteiger partial charge on any atom is 0.350 e. The topological polar surface area (TPSA) is 61.8 Å². The van der Waals surface area contributed by atoms with Crippen LogP contribution in [0.2, 0.25) is 0 Å². The second-order valence-corrected chi connectivity index (χ2v) is 2.03. The van der Waals surface area contributed by atoms with Gasteiger partial charge in [-0.15, -0.1) is 0 Å². The third kappa shape index (κ3) is 1.26. The molecule has 0 atom stereocenters. The van der Waals surface area contributed by atoms with Crippen molar-refractivity contribution in [2.24, 2.45) is 4.99 Å². The Labute approximate surface area is 63.4 Å². The summed E-state index contributed by atoms with van der Waals surface area (Å²) in [7, 11) is 1.52. The number of nitrogens with one attached hydrogen (secondary N) is 1. The highest BCUT2D eigenvalue weighted by Gasteiger charge is 2.18. The summed E-state index contributed by atoms with van der Waals surface area (Å²) in [6, 6.07) is -0.490. The summed E-state index contributed by atoms with van der Waals surface area (Å²) in [5.74, 6) is 0.352. The van der Waals surface area contributed by atoms with Gasteiger partial charge in [-0.2, -0.15) is 4.99 Å². The standard InChI is InChI=1S/C6H7N3O2/c1-4-7-5(3-10)8-6(11)9(4)2/h3H,1H2,2H3,(H,7,8,11). The quantitative estimate of drug-likeness (QED) is 0.526. The van der Waals surface area contributed by atoms with Crippen LogP contribution in [0.4, 0.5) is 4.79 Å². The van der Waals surface area contributed by atoms with Gasteiger partial charge in [0.1, 0.15) is 5.82 Å². The van der Waals surface area contributed by atoms with Gasteiger partial charge in [0.05, 0.1) is 0 Å². The molecule has 0 unspecified atom stereocenters. The van der Waals surface area contributed by atoms with Gasteiger partial charge in [-0.1, -0.05) is 6.58 Å². The lowest BCUT2D eigenvalue weighted by molar-refractivity contribution is -0.102. The van der Waals surface area contributed by atoms with Gasteiger partial charge in [-0.25, -0.2) is 4.79 Å². The Morgan fingerprint density at radius 1 is 1.73 bits per heavy atom. The van der Waals surface area contributed by atoms with Gasteiger partial charge in [0.2, 0.25) is 0 Å². The average molecular weight is 153 g/mol. The first kappa shape index (κ1) is 7.46. The van der Waals surface area contributed by atoms with E-state index in [4.69, 9.17) is 0 Å². The van der Waals surface area contributed by atoms with Crippen LogP contribution in [0.25, 0.3) is 0 Å². The highest BCUT2D eigenvalue weighted by Crippen LogP contribution is 2.02. The number of aliphatic imine (C=N–C) groups is 1. The normalized spacial score (nSPS) is 17.5. The number of rotatable bonds is 1. The lowest BCUT2D eigenvalue weighted by Crippen LogP contribution is -2.41. The van der Waals surface area contributed by atoms with Gasteiger partial charge in [0, 0.05) is 7.05 Å². The van der Waals surface area contributed by atoms with Crippen LogP contribution >= 0.6 is 0 Å². The number of carbonyl (C=O) groups is 2. The second-order valence-electron chi connectivity index (χ2n) is 2.03. The molecular formula is C6H7N3O2. The van der Waals surface area contributed by atoms with E-state index in [-0.39, 0.29) is 5.84 Å². The third-order valence-corrected chi connectivity index (χ3v) is 1.29. The minimum Gasteiger partial charge on any atom is -0.324 e. The molecule has 0 bridgehead atoms. The van der Waals surface area contributed by atoms with E-state index in [0.29, 0.717) is 12.1 Å². The Balaban J connectivity index is 2.93. The molecule has 0 aromatic rings. The SMILES string of the molecule is C=C1NC(C=O)=NC(=O)N1C. The number of amidine groups is 1. The van der Waals surface area contributed by atoms with E-state index in [1.165, 1.54) is 11.9 Å². The summed E-state index contributed by atoms with van der Waals surface area (Å²) in [5.41, 5.74) is 0. The van der Waals surface area contributed by atoms with Gasteiger partial charge in [0.15, 0.2) is 12.1 Å². The molecule has 0 spiro atoms. The molecule has 11 heavy (non-hydrogen) atoms. The van der Waals surface area contributed by atoms with Crippen molar-refractivity contribution in [3.05, 3.63) is 12.4 Å². The molecule has 0 aliphatic carbocycles. The predicted molar refractivity (Wildman–Crippen MR) is 38.9 cm³/mol. The van der Waals surface area contributed by atoms with Gasteiger partial charge in [0.25, 0.3) is 0 Å². The van der Waals surface area contributed by atoms with Crippen LogP contribution in [0.5, 0.6) is 0 Å². The first-order valence-electron chi connectivity index (χ1n) is 2.92. The summed E-state index contributed by atoms with van der Waals surface area (Å²) in [6.45, 7) is 3.50. The van der Waals surface area contributed by atoms with E-state index in [9.17, 15) is 9.59 Å². The zero-order chi connectivity index (χ0) is 8.43. The lowest BCUT2D eigenvalue weighted by atomic mass is 10.5. The van der Waals surface area contributed by atoms with Crippen molar-refractivity contribution in [1.29, 1.82) is 0 Å². The summed E-state index contributed by atoms with van der Waals surface area (Å²) < 4.78 is 0. The smallest absolute Gasteiger partial charge is 0.324 e. The fourth-order valence-corrected chi connectivity index (χ4v) is 0.609. The number of carbonyl (C=O) groups excluding carboxylic acids is 2. The molecule has 0 aromatic carbocycles. The molecule has 0 fully saturated rings. The molecule has 5 nitrogen and oxygen atoms in total. The van der Waals surface area contributed by atoms with E-state index in [2.05, 4.69) is 16.9 Å². The molecule has 2 amide bonds. The molecule has 0 aromatic heterocycles. The number of amides is 2. The predicted octanol–water partition coefficient (Wildman–Crippen LogP) is -0.290. The average Bonchev–Trinajstić information content (AvgIpc) is 1.99. The van der Waals surface area contributed by atoms with Crippen LogP contribution in [0.15, 0.2) is 17.4 Å². The molecule has 0 saturated heterocycles. The summed E-state index contributed by atoms with van der Waals surface area (Å²) in [6.07, 6.45) is 0.468. The van der Waals surface area contributed by atoms with Gasteiger partial charge in [-0.3, -0.25) is 9.69 Å². The van der Waals surface area contributed by atoms with E-state index < -0.39 is 6.03 Å². The molecule has 1 heterocycles. The first-order chi connectivity index (χ1) is 5.15. The van der Waals surface area contributed by atoms with Crippen LogP contribution in [-0.4, -0.2) is 30.1 Å². The Morgan fingerprint density at radius 3 is 2.82 bits per heavy atom. The second kappa shape index (κ2) is 2.53. The van der Waals surface area contributed by atoms with Crippen molar-refractivity contribution < 1.29 is 9.59 Å². The van der Waals surface area contributed by atoms with E-state index in [0.717, 1.165) is 0 Å². The minimum absolute atomic E-state index is 0.00176. The zero-order valence-corrected chi connectivity index (χ0v) is 6.00. The number of nitrogens with zero attached hydrogens (tertiary/aromatic N) is 2. The van der Waals surface area contributed by atoms with Gasteiger partial charge in [-0.05, 0) is 0 Å². The highest BCUT2D eigenvalue weighted by atomic mass is 16.2. The summed E-state index contributed by atoms with van der Waals surface area (Å²) in [4.78, 5) is 25.6. The lowest BCUT2D eigenvalue weighted by Gasteiger charge is -2.22. The molecule has 1 N–H and O–H groups in total. The zero-order valence-electron chi connectivity index (χ0n) is 6.00. The van der Waals surface area contributed by atoms with Crippen LogP contribution in [0.1, 0.15) is 0 Å². The Hall–Kier alpha value is -1.65. The first-order valence-corrected chi connectivity index (χ1v) is 2.92. The van der Waals surface area contributed by atoms with Crippen LogP contribution in [0, 0.1) is 0 Å². The molecule has 58 valence electrons. The van der Waals surface area contributed by atoms with Crippen molar-refractivity contribution in [1.82, 2.24) is 10.2 Å². The fourth-order valence-electron chi connectivity index (χ4n) is 0.609. The van der Waals surface area contributed by atoms with Crippen molar-refractivity contribution in [2.45, 2.75) is 0 Å². The number of hydrogen-bond donors (Lipinski definition) is 1. The largest absolute Gasteiger partial charge is 0.350 e. The minimum atomic E-state index is -0.490. The van der Waals surface area contributed by atoms with Gasteiger partial charge >= 0.3 is 6.03 Å². The van der Waals surface area contributed by atoms with Crippen LogP contribution in [-0.2, 0) is 4.79 Å². The van der Waals surface area contributed by atoms with E-state index >= 15 is 0 Å². The van der Waals surface area contributed by atoms with Crippen molar-refractivity contribution in [3.8, 4) is 0 Å². The molecule has 1 rings (SSSR count). The molecule has 0 radical (unpaired) electrons. The van der Waals surface area contributed by atoms with Crippen molar-refractivity contribution in [3.63, 3.8) is 0 Å². The Bertz CT molecular complexity index is 257. The van der Waals surface area contributed by atoms with Crippen LogP contribution in [0.3, 0.4) is 0 Å². The maximum atomic E-state index is 10.9. The third-order valence-electron chi connectivity index (χ3n) is 1.29. The monoisotopic (exact) mass is 153 g/mol. The molecule has 1 aliphatic rings. The summed E-state index contributed by atoms with van der Waals surface area (Å²) >= 11 is 0. The van der Waals surface area contributed by atoms with Gasteiger partial charge < -0.3 is 5.32 Å². The highest BCUT2D eigenvalue weighted by molar-refractivity contribution is 6.30. The number of urea groups is 1. The van der Waals surface area contributed by atoms with E-state index in [1.807, 2.05) is 0 Å². The summed E-state index contributed by atoms with van der Waals surface area (Å²) in [5, 5.41) is 2.54. The molecule has 5 heteroatoms. The fraction of sp³-hybridized carbons (Fsp3) is 0.167. The molecular weight excluding hydrogens is 146 g/mol. The maximum absolute atomic E-state index is 10.9. The van der Waals surface area contributed by atoms with Crippen molar-refractivity contribution in [2.75, 3.05) is 7.05 Å². The Morgan fingerprint density at radius 2 is 2.36 bits per heavy atom. The number of hydrogen-bond acceptors (Lipinski definition) is 3. The molecule has 0 saturated carbocycles. The Kier molecular flexibility index (Phi) is 1.72. The van der Waals surface area contributed by atoms with Crippen molar-refractivity contribution >= 4 is 18.2 Å². The van der Waals surface area contributed by atoms with E-state index in [1.54, 1.807) is 0 Å².